The van der Waals surface area contributed by atoms with Crippen molar-refractivity contribution in [2.45, 2.75) is 52.6 Å². The normalized spacial score (nSPS) is 11.9. The molecule has 0 unspecified atom stereocenters. The van der Waals surface area contributed by atoms with Crippen molar-refractivity contribution in [3.63, 3.8) is 0 Å². The molecule has 0 spiro atoms. The summed E-state index contributed by atoms with van der Waals surface area (Å²) in [4.78, 5) is 11.4. The second-order valence-electron chi connectivity index (χ2n) is 7.38. The van der Waals surface area contributed by atoms with Crippen molar-refractivity contribution < 1.29 is 24.1 Å². The quantitative estimate of drug-likeness (QED) is 0.433. The number of aromatic carboxylic acids is 1. The Morgan fingerprint density at radius 2 is 1.67 bits per heavy atom. The lowest BCUT2D eigenvalue weighted by Crippen LogP contribution is -2.15. The van der Waals surface area contributed by atoms with E-state index in [0.717, 1.165) is 24.0 Å². The fourth-order valence-corrected chi connectivity index (χ4v) is 3.14. The van der Waals surface area contributed by atoms with Gasteiger partial charge >= 0.3 is 5.97 Å². The molecule has 0 heterocycles. The van der Waals surface area contributed by atoms with Crippen molar-refractivity contribution in [1.29, 1.82) is 0 Å². The fraction of sp³-hybridized carbons (Fsp3) is 0.320. The van der Waals surface area contributed by atoms with Gasteiger partial charge in [-0.15, -0.1) is 0 Å². The monoisotopic (exact) mass is 412 g/mol. The average molecular weight is 413 g/mol. The minimum Gasteiger partial charge on any atom is -0.512 e. The highest BCUT2D eigenvalue weighted by Gasteiger charge is 2.15. The number of allylic oxidation sites excluding steroid dienone is 3. The summed E-state index contributed by atoms with van der Waals surface area (Å²) in [5, 5.41) is 20.0. The van der Waals surface area contributed by atoms with Crippen LogP contribution in [0.25, 0.3) is 5.57 Å². The van der Waals surface area contributed by atoms with E-state index in [4.69, 9.17) is 4.74 Å². The Bertz CT molecular complexity index is 925. The Morgan fingerprint density at radius 1 is 1.07 bits per heavy atom. The van der Waals surface area contributed by atoms with E-state index < -0.39 is 5.97 Å². The maximum absolute atomic E-state index is 13.1. The third-order valence-electron chi connectivity index (χ3n) is 5.09. The van der Waals surface area contributed by atoms with Gasteiger partial charge < -0.3 is 14.9 Å². The van der Waals surface area contributed by atoms with Crippen LogP contribution >= 0.6 is 0 Å². The van der Waals surface area contributed by atoms with Crippen molar-refractivity contribution in [3.8, 4) is 5.75 Å². The van der Waals surface area contributed by atoms with E-state index in [1.807, 2.05) is 13.8 Å². The Morgan fingerprint density at radius 3 is 2.23 bits per heavy atom. The highest BCUT2D eigenvalue weighted by atomic mass is 19.1. The number of carboxylic acids is 1. The molecule has 0 atom stereocenters. The first-order valence-electron chi connectivity index (χ1n) is 10.1. The zero-order valence-electron chi connectivity index (χ0n) is 17.7. The van der Waals surface area contributed by atoms with Crippen molar-refractivity contribution in [3.05, 3.63) is 82.9 Å². The number of ether oxygens (including phenoxy) is 1. The summed E-state index contributed by atoms with van der Waals surface area (Å²) >= 11 is 0. The van der Waals surface area contributed by atoms with Crippen LogP contribution in [0.2, 0.25) is 0 Å². The molecule has 2 N–H and O–H groups in total. The number of hydrogen-bond acceptors (Lipinski definition) is 3. The summed E-state index contributed by atoms with van der Waals surface area (Å²) in [7, 11) is 0. The number of aliphatic hydroxyl groups is 1. The second kappa shape index (κ2) is 10.6. The van der Waals surface area contributed by atoms with Gasteiger partial charge in [0.05, 0.1) is 17.4 Å². The van der Waals surface area contributed by atoms with Gasteiger partial charge in [-0.1, -0.05) is 32.6 Å². The van der Waals surface area contributed by atoms with Gasteiger partial charge in [-0.2, -0.15) is 0 Å². The molecule has 0 radical (unpaired) electrons. The molecular formula is C25H29FO4. The van der Waals surface area contributed by atoms with Gasteiger partial charge in [-0.25, -0.2) is 9.18 Å². The predicted octanol–water partition coefficient (Wildman–Crippen LogP) is 6.57. The summed E-state index contributed by atoms with van der Waals surface area (Å²) in [6, 6.07) is 10.7. The highest BCUT2D eigenvalue weighted by Crippen LogP contribution is 2.28. The van der Waals surface area contributed by atoms with Crippen LogP contribution in [0, 0.1) is 5.82 Å². The number of rotatable bonds is 10. The maximum Gasteiger partial charge on any atom is 0.335 e. The van der Waals surface area contributed by atoms with Crippen LogP contribution in [0.15, 0.2) is 60.4 Å². The van der Waals surface area contributed by atoms with Gasteiger partial charge in [0.25, 0.3) is 0 Å². The van der Waals surface area contributed by atoms with Crippen LogP contribution in [0.5, 0.6) is 5.75 Å². The van der Waals surface area contributed by atoms with Crippen LogP contribution in [-0.2, 0) is 6.42 Å². The minimum absolute atomic E-state index is 0.0184. The fourth-order valence-electron chi connectivity index (χ4n) is 3.14. The summed E-state index contributed by atoms with van der Waals surface area (Å²) < 4.78 is 19.2. The largest absolute Gasteiger partial charge is 0.512 e. The molecule has 0 aromatic heterocycles. The molecule has 0 aliphatic rings. The molecule has 30 heavy (non-hydrogen) atoms. The highest BCUT2D eigenvalue weighted by molar-refractivity contribution is 5.88. The molecule has 0 bridgehead atoms. The van der Waals surface area contributed by atoms with Crippen LogP contribution in [0.3, 0.4) is 0 Å². The van der Waals surface area contributed by atoms with E-state index in [0.29, 0.717) is 23.3 Å². The van der Waals surface area contributed by atoms with Crippen LogP contribution < -0.4 is 4.74 Å². The number of hydrogen-bond donors (Lipinski definition) is 2. The molecule has 2 aromatic rings. The molecule has 0 aliphatic carbocycles. The van der Waals surface area contributed by atoms with Crippen LogP contribution in [-0.4, -0.2) is 22.3 Å². The molecule has 2 aromatic carbocycles. The van der Waals surface area contributed by atoms with Crippen molar-refractivity contribution >= 4 is 11.5 Å². The lowest BCUT2D eigenvalue weighted by atomic mass is 9.97. The molecule has 0 saturated heterocycles. The zero-order valence-corrected chi connectivity index (χ0v) is 17.7. The van der Waals surface area contributed by atoms with Crippen LogP contribution in [0.1, 0.15) is 61.5 Å². The third kappa shape index (κ3) is 6.21. The summed E-state index contributed by atoms with van der Waals surface area (Å²) in [5.41, 5.74) is 3.02. The Kier molecular flexibility index (Phi) is 8.22. The molecule has 0 saturated carbocycles. The summed E-state index contributed by atoms with van der Waals surface area (Å²) in [5.74, 6) is -0.638. The number of aliphatic hydroxyl groups excluding tert-OH is 1. The molecule has 160 valence electrons. The van der Waals surface area contributed by atoms with E-state index >= 15 is 0 Å². The van der Waals surface area contributed by atoms with E-state index in [1.165, 1.54) is 18.2 Å². The summed E-state index contributed by atoms with van der Waals surface area (Å²) in [6.07, 6.45) is 2.24. The lowest BCUT2D eigenvalue weighted by Gasteiger charge is -2.19. The minimum atomic E-state index is -1.03. The first kappa shape index (κ1) is 23.2. The Balaban J connectivity index is 2.26. The van der Waals surface area contributed by atoms with E-state index in [2.05, 4.69) is 6.58 Å². The van der Waals surface area contributed by atoms with E-state index in [9.17, 15) is 19.4 Å². The SMILES string of the molecule is C=C(CC(C)=C(O)Cc1cc(C(=O)O)ccc1OC(CC)CC)c1ccc(F)cc1. The topological polar surface area (TPSA) is 66.8 Å². The summed E-state index contributed by atoms with van der Waals surface area (Å²) in [6.45, 7) is 9.89. The molecule has 4 nitrogen and oxygen atoms in total. The van der Waals surface area contributed by atoms with E-state index in [1.54, 1.807) is 31.2 Å². The Labute approximate surface area is 177 Å². The van der Waals surface area contributed by atoms with Gasteiger partial charge in [0.2, 0.25) is 0 Å². The molecule has 0 amide bonds. The van der Waals surface area contributed by atoms with Gasteiger partial charge in [0.1, 0.15) is 11.6 Å². The third-order valence-corrected chi connectivity index (χ3v) is 5.09. The number of halogens is 1. The first-order chi connectivity index (χ1) is 14.2. The van der Waals surface area contributed by atoms with Gasteiger partial charge in [-0.3, -0.25) is 0 Å². The lowest BCUT2D eigenvalue weighted by molar-refractivity contribution is 0.0696. The van der Waals surface area contributed by atoms with Crippen molar-refractivity contribution in [2.24, 2.45) is 0 Å². The van der Waals surface area contributed by atoms with Gasteiger partial charge in [0.15, 0.2) is 0 Å². The molecule has 2 rings (SSSR count). The van der Waals surface area contributed by atoms with Crippen molar-refractivity contribution in [1.82, 2.24) is 0 Å². The van der Waals surface area contributed by atoms with Crippen molar-refractivity contribution in [2.75, 3.05) is 0 Å². The number of carboxylic acid groups (broad SMARTS) is 1. The van der Waals surface area contributed by atoms with Gasteiger partial charge in [-0.05, 0) is 73.2 Å². The molecule has 0 aliphatic heterocycles. The molecule has 0 fully saturated rings. The average Bonchev–Trinajstić information content (AvgIpc) is 2.72. The van der Waals surface area contributed by atoms with Crippen LogP contribution in [0.4, 0.5) is 4.39 Å². The predicted molar refractivity (Wildman–Crippen MR) is 117 cm³/mol. The zero-order chi connectivity index (χ0) is 22.3. The van der Waals surface area contributed by atoms with Gasteiger partial charge in [0, 0.05) is 12.0 Å². The van der Waals surface area contributed by atoms with E-state index in [-0.39, 0.29) is 29.7 Å². The number of carbonyl (C=O) groups is 1. The Hall–Kier alpha value is -3.08. The number of benzene rings is 2. The standard InChI is InChI=1S/C25H29FO4/c1-5-22(6-2)30-24-12-9-19(25(28)29)14-20(24)15-23(27)17(4)13-16(3)18-7-10-21(26)11-8-18/h7-12,14,22,27H,3,5-6,13,15H2,1-2,4H3,(H,28,29). The molecule has 5 heteroatoms. The second-order valence-corrected chi connectivity index (χ2v) is 7.38. The smallest absolute Gasteiger partial charge is 0.335 e. The molecular weight excluding hydrogens is 383 g/mol. The maximum atomic E-state index is 13.1. The first-order valence-corrected chi connectivity index (χ1v) is 10.1.